The number of aryl methyl sites for hydroxylation is 1. The number of hydrogen-bond acceptors (Lipinski definition) is 6. The van der Waals surface area contributed by atoms with Gasteiger partial charge in [-0.3, -0.25) is 4.79 Å². The Bertz CT molecular complexity index is 983. The van der Waals surface area contributed by atoms with Gasteiger partial charge in [0.25, 0.3) is 5.91 Å². The molecule has 152 valence electrons. The molecule has 1 aliphatic rings. The molecule has 0 aliphatic carbocycles. The molecule has 0 aromatic carbocycles. The number of aromatic nitrogens is 2. The minimum Gasteiger partial charge on any atom is -0.451 e. The van der Waals surface area contributed by atoms with Crippen molar-refractivity contribution < 1.29 is 22.7 Å². The lowest BCUT2D eigenvalue weighted by molar-refractivity contribution is -0.136. The van der Waals surface area contributed by atoms with Gasteiger partial charge in [-0.2, -0.15) is 0 Å². The Morgan fingerprint density at radius 2 is 2.18 bits per heavy atom. The van der Waals surface area contributed by atoms with Crippen LogP contribution in [0, 0.1) is 6.92 Å². The summed E-state index contributed by atoms with van der Waals surface area (Å²) in [5.41, 5.74) is 1.77. The van der Waals surface area contributed by atoms with Crippen LogP contribution in [0.25, 0.3) is 5.65 Å². The molecule has 1 amide bonds. The second-order valence-electron chi connectivity index (χ2n) is 7.17. The lowest BCUT2D eigenvalue weighted by Gasteiger charge is -2.28. The third-order valence-electron chi connectivity index (χ3n) is 4.87. The van der Waals surface area contributed by atoms with E-state index in [1.54, 1.807) is 21.7 Å². The van der Waals surface area contributed by atoms with Crippen molar-refractivity contribution in [2.75, 3.05) is 24.7 Å². The zero-order chi connectivity index (χ0) is 20.3. The molecular weight excluding hydrogens is 382 g/mol. The molecule has 1 unspecified atom stereocenters. The molecule has 2 aromatic rings. The summed E-state index contributed by atoms with van der Waals surface area (Å²) in [6.07, 6.45) is 5.43. The van der Waals surface area contributed by atoms with E-state index in [9.17, 15) is 18.0 Å². The topological polar surface area (TPSA) is 98.0 Å². The quantitative estimate of drug-likeness (QED) is 0.647. The first-order chi connectivity index (χ1) is 13.3. The van der Waals surface area contributed by atoms with Gasteiger partial charge in [0, 0.05) is 25.0 Å². The number of sulfone groups is 1. The number of rotatable bonds is 7. The van der Waals surface area contributed by atoms with Crippen LogP contribution in [0.5, 0.6) is 0 Å². The SMILES string of the molecule is CCCCN(C(=O)COC(=O)c1cn2ccc(C)cc2n1)C1CCS(=O)(=O)C1. The molecule has 0 spiro atoms. The summed E-state index contributed by atoms with van der Waals surface area (Å²) in [6.45, 7) is 3.96. The molecule has 1 saturated heterocycles. The number of unbranched alkanes of at least 4 members (excludes halogenated alkanes) is 1. The maximum absolute atomic E-state index is 12.6. The monoisotopic (exact) mass is 407 g/mol. The summed E-state index contributed by atoms with van der Waals surface area (Å²) in [7, 11) is -3.11. The summed E-state index contributed by atoms with van der Waals surface area (Å²) < 4.78 is 30.4. The maximum atomic E-state index is 12.6. The fraction of sp³-hybridized carbons (Fsp3) is 0.526. The predicted octanol–water partition coefficient (Wildman–Crippen LogP) is 1.62. The van der Waals surface area contributed by atoms with Crippen LogP contribution in [0.3, 0.4) is 0 Å². The highest BCUT2D eigenvalue weighted by Crippen LogP contribution is 2.19. The summed E-state index contributed by atoms with van der Waals surface area (Å²) >= 11 is 0. The standard InChI is InChI=1S/C19H25N3O5S/c1-3-4-7-22(15-6-9-28(25,26)13-15)18(23)12-27-19(24)16-11-21-8-5-14(2)10-17(21)20-16/h5,8,10-11,15H,3-4,6-7,9,12-13H2,1-2H3. The second kappa shape index (κ2) is 8.30. The molecule has 1 aliphatic heterocycles. The highest BCUT2D eigenvalue weighted by Gasteiger charge is 2.34. The minimum absolute atomic E-state index is 0.0256. The first kappa shape index (κ1) is 20.3. The van der Waals surface area contributed by atoms with Gasteiger partial charge in [0.15, 0.2) is 22.1 Å². The number of esters is 1. The van der Waals surface area contributed by atoms with Crippen LogP contribution in [0.2, 0.25) is 0 Å². The molecule has 1 atom stereocenters. The van der Waals surface area contributed by atoms with Crippen LogP contribution in [-0.4, -0.2) is 65.3 Å². The van der Waals surface area contributed by atoms with Crippen LogP contribution in [-0.2, 0) is 19.4 Å². The van der Waals surface area contributed by atoms with Crippen molar-refractivity contribution >= 4 is 27.4 Å². The Kier molecular flexibility index (Phi) is 6.02. The van der Waals surface area contributed by atoms with Crippen molar-refractivity contribution in [3.05, 3.63) is 35.8 Å². The Morgan fingerprint density at radius 1 is 1.39 bits per heavy atom. The van der Waals surface area contributed by atoms with E-state index in [0.717, 1.165) is 18.4 Å². The van der Waals surface area contributed by atoms with Gasteiger partial charge >= 0.3 is 5.97 Å². The summed E-state index contributed by atoms with van der Waals surface area (Å²) in [6, 6.07) is 3.39. The van der Waals surface area contributed by atoms with E-state index >= 15 is 0 Å². The van der Waals surface area contributed by atoms with Gasteiger partial charge in [0.1, 0.15) is 5.65 Å². The molecule has 9 heteroatoms. The van der Waals surface area contributed by atoms with Crippen molar-refractivity contribution in [1.29, 1.82) is 0 Å². The molecular formula is C19H25N3O5S. The second-order valence-corrected chi connectivity index (χ2v) is 9.40. The van der Waals surface area contributed by atoms with Gasteiger partial charge < -0.3 is 14.0 Å². The third kappa shape index (κ3) is 4.70. The molecule has 0 saturated carbocycles. The Hall–Kier alpha value is -2.42. The average molecular weight is 407 g/mol. The average Bonchev–Trinajstić information content (AvgIpc) is 3.22. The van der Waals surface area contributed by atoms with Crippen LogP contribution in [0.15, 0.2) is 24.5 Å². The normalized spacial score (nSPS) is 18.3. The van der Waals surface area contributed by atoms with Gasteiger partial charge in [0.2, 0.25) is 0 Å². The molecule has 0 N–H and O–H groups in total. The highest BCUT2D eigenvalue weighted by molar-refractivity contribution is 7.91. The summed E-state index contributed by atoms with van der Waals surface area (Å²) in [4.78, 5) is 30.7. The van der Waals surface area contributed by atoms with Crippen LogP contribution >= 0.6 is 0 Å². The number of fused-ring (bicyclic) bond motifs is 1. The number of ether oxygens (including phenoxy) is 1. The largest absolute Gasteiger partial charge is 0.451 e. The van der Waals surface area contributed by atoms with Crippen molar-refractivity contribution in [2.45, 2.75) is 39.2 Å². The number of amides is 1. The number of imidazole rings is 1. The lowest BCUT2D eigenvalue weighted by atomic mass is 10.2. The molecule has 0 bridgehead atoms. The molecule has 28 heavy (non-hydrogen) atoms. The number of carbonyl (C=O) groups excluding carboxylic acids is 2. The van der Waals surface area contributed by atoms with Gasteiger partial charge in [-0.25, -0.2) is 18.2 Å². The molecule has 3 heterocycles. The number of hydrogen-bond donors (Lipinski definition) is 0. The highest BCUT2D eigenvalue weighted by atomic mass is 32.2. The summed E-state index contributed by atoms with van der Waals surface area (Å²) in [5.74, 6) is -0.983. The molecule has 2 aromatic heterocycles. The number of nitrogens with zero attached hydrogens (tertiary/aromatic N) is 3. The van der Waals surface area contributed by atoms with Crippen molar-refractivity contribution in [2.24, 2.45) is 0 Å². The van der Waals surface area contributed by atoms with Gasteiger partial charge in [-0.05, 0) is 37.5 Å². The first-order valence-corrected chi connectivity index (χ1v) is 11.2. The van der Waals surface area contributed by atoms with Crippen LogP contribution in [0.1, 0.15) is 42.2 Å². The van der Waals surface area contributed by atoms with Crippen LogP contribution < -0.4 is 0 Å². The first-order valence-electron chi connectivity index (χ1n) is 9.41. The molecule has 3 rings (SSSR count). The zero-order valence-corrected chi connectivity index (χ0v) is 16.9. The Labute approximate surface area is 164 Å². The van der Waals surface area contributed by atoms with Crippen molar-refractivity contribution in [3.8, 4) is 0 Å². The van der Waals surface area contributed by atoms with Gasteiger partial charge in [-0.1, -0.05) is 13.3 Å². The van der Waals surface area contributed by atoms with Gasteiger partial charge in [-0.15, -0.1) is 0 Å². The number of pyridine rings is 1. The van der Waals surface area contributed by atoms with Crippen LogP contribution in [0.4, 0.5) is 0 Å². The lowest BCUT2D eigenvalue weighted by Crippen LogP contribution is -2.43. The van der Waals surface area contributed by atoms with E-state index in [2.05, 4.69) is 4.98 Å². The molecule has 8 nitrogen and oxygen atoms in total. The maximum Gasteiger partial charge on any atom is 0.359 e. The Morgan fingerprint density at radius 3 is 2.86 bits per heavy atom. The zero-order valence-electron chi connectivity index (χ0n) is 16.1. The predicted molar refractivity (Wildman–Crippen MR) is 104 cm³/mol. The van der Waals surface area contributed by atoms with E-state index in [1.165, 1.54) is 0 Å². The third-order valence-corrected chi connectivity index (χ3v) is 6.62. The fourth-order valence-electron chi connectivity index (χ4n) is 3.33. The fourth-order valence-corrected chi connectivity index (χ4v) is 5.06. The van der Waals surface area contributed by atoms with Crippen molar-refractivity contribution in [3.63, 3.8) is 0 Å². The van der Waals surface area contributed by atoms with E-state index in [-0.39, 0.29) is 29.1 Å². The minimum atomic E-state index is -3.11. The smallest absolute Gasteiger partial charge is 0.359 e. The van der Waals surface area contributed by atoms with E-state index in [4.69, 9.17) is 4.74 Å². The molecule has 1 fully saturated rings. The number of carbonyl (C=O) groups is 2. The van der Waals surface area contributed by atoms with E-state index < -0.39 is 22.4 Å². The molecule has 0 radical (unpaired) electrons. The van der Waals surface area contributed by atoms with E-state index in [1.807, 2.05) is 26.0 Å². The van der Waals surface area contributed by atoms with E-state index in [0.29, 0.717) is 18.6 Å². The Balaban J connectivity index is 1.64. The summed E-state index contributed by atoms with van der Waals surface area (Å²) in [5, 5.41) is 0. The van der Waals surface area contributed by atoms with Gasteiger partial charge in [0.05, 0.1) is 11.5 Å². The van der Waals surface area contributed by atoms with Crippen molar-refractivity contribution in [1.82, 2.24) is 14.3 Å².